The molecule has 0 bridgehead atoms. The van der Waals surface area contributed by atoms with Gasteiger partial charge in [-0.25, -0.2) is 0 Å². The standard InChI is InChI=1S/C14H17F3N2O2/c15-14(16,17)9-19-7-6-11(8-19)18-13(21)12(20)10-4-2-1-3-5-10/h1-5,11-12,20H,6-9H2,(H,18,21). The second-order valence-electron chi connectivity index (χ2n) is 5.16. The van der Waals surface area contributed by atoms with Crippen molar-refractivity contribution in [2.45, 2.75) is 24.7 Å². The molecule has 0 saturated carbocycles. The minimum Gasteiger partial charge on any atom is -0.378 e. The lowest BCUT2D eigenvalue weighted by molar-refractivity contribution is -0.143. The third kappa shape index (κ3) is 4.71. The summed E-state index contributed by atoms with van der Waals surface area (Å²) in [5, 5.41) is 12.5. The van der Waals surface area contributed by atoms with E-state index in [1.54, 1.807) is 30.3 Å². The summed E-state index contributed by atoms with van der Waals surface area (Å²) in [6, 6.07) is 8.04. The van der Waals surface area contributed by atoms with Gasteiger partial charge < -0.3 is 10.4 Å². The molecule has 0 aliphatic carbocycles. The van der Waals surface area contributed by atoms with Crippen molar-refractivity contribution in [3.8, 4) is 0 Å². The molecule has 2 unspecified atom stereocenters. The van der Waals surface area contributed by atoms with E-state index in [2.05, 4.69) is 5.32 Å². The van der Waals surface area contributed by atoms with E-state index in [9.17, 15) is 23.1 Å². The Morgan fingerprint density at radius 2 is 2.05 bits per heavy atom. The van der Waals surface area contributed by atoms with E-state index in [0.29, 0.717) is 12.0 Å². The van der Waals surface area contributed by atoms with Gasteiger partial charge in [-0.15, -0.1) is 0 Å². The molecule has 1 amide bonds. The number of hydrogen-bond donors (Lipinski definition) is 2. The molecule has 21 heavy (non-hydrogen) atoms. The quantitative estimate of drug-likeness (QED) is 0.885. The summed E-state index contributed by atoms with van der Waals surface area (Å²) in [6.45, 7) is -0.542. The molecule has 2 N–H and O–H groups in total. The molecule has 7 heteroatoms. The summed E-state index contributed by atoms with van der Waals surface area (Å²) in [6.07, 6.45) is -5.09. The number of likely N-dealkylation sites (tertiary alicyclic amines) is 1. The number of carbonyl (C=O) groups excluding carboxylic acids is 1. The van der Waals surface area contributed by atoms with Crippen LogP contribution in [0.15, 0.2) is 30.3 Å². The van der Waals surface area contributed by atoms with Crippen molar-refractivity contribution in [3.63, 3.8) is 0 Å². The predicted molar refractivity (Wildman–Crippen MR) is 70.4 cm³/mol. The number of amides is 1. The van der Waals surface area contributed by atoms with Crippen LogP contribution in [0, 0.1) is 0 Å². The third-order valence-corrected chi connectivity index (χ3v) is 3.39. The van der Waals surface area contributed by atoms with Crippen molar-refractivity contribution in [1.82, 2.24) is 10.2 Å². The number of nitrogens with one attached hydrogen (secondary N) is 1. The van der Waals surface area contributed by atoms with E-state index in [1.807, 2.05) is 0 Å². The summed E-state index contributed by atoms with van der Waals surface area (Å²) in [7, 11) is 0. The number of halogens is 3. The summed E-state index contributed by atoms with van der Waals surface area (Å²) < 4.78 is 36.8. The lowest BCUT2D eigenvalue weighted by atomic mass is 10.1. The molecule has 2 atom stereocenters. The van der Waals surface area contributed by atoms with Crippen LogP contribution in [-0.4, -0.2) is 47.8 Å². The number of nitrogens with zero attached hydrogens (tertiary/aromatic N) is 1. The highest BCUT2D eigenvalue weighted by Crippen LogP contribution is 2.20. The topological polar surface area (TPSA) is 52.6 Å². The highest BCUT2D eigenvalue weighted by molar-refractivity contribution is 5.82. The highest BCUT2D eigenvalue weighted by Gasteiger charge is 2.35. The molecule has 0 aromatic heterocycles. The van der Waals surface area contributed by atoms with Gasteiger partial charge in [0.1, 0.15) is 0 Å². The van der Waals surface area contributed by atoms with E-state index in [1.165, 1.54) is 4.90 Å². The zero-order valence-electron chi connectivity index (χ0n) is 11.3. The summed E-state index contributed by atoms with van der Waals surface area (Å²) in [5.41, 5.74) is 0.458. The molecular weight excluding hydrogens is 285 g/mol. The zero-order chi connectivity index (χ0) is 15.5. The number of rotatable bonds is 4. The number of alkyl halides is 3. The number of aliphatic hydroxyl groups excluding tert-OH is 1. The Morgan fingerprint density at radius 1 is 1.38 bits per heavy atom. The normalized spacial score (nSPS) is 21.2. The van der Waals surface area contributed by atoms with Crippen molar-refractivity contribution in [3.05, 3.63) is 35.9 Å². The second-order valence-corrected chi connectivity index (χ2v) is 5.16. The highest BCUT2D eigenvalue weighted by atomic mass is 19.4. The second kappa shape index (κ2) is 6.44. The maximum atomic E-state index is 12.3. The lowest BCUT2D eigenvalue weighted by Gasteiger charge is -2.19. The van der Waals surface area contributed by atoms with Gasteiger partial charge in [0.2, 0.25) is 0 Å². The fourth-order valence-electron chi connectivity index (χ4n) is 2.41. The maximum absolute atomic E-state index is 12.3. The Morgan fingerprint density at radius 3 is 2.67 bits per heavy atom. The smallest absolute Gasteiger partial charge is 0.378 e. The monoisotopic (exact) mass is 302 g/mol. The van der Waals surface area contributed by atoms with Crippen LogP contribution < -0.4 is 5.32 Å². The molecule has 1 aromatic rings. The van der Waals surface area contributed by atoms with Gasteiger partial charge in [-0.1, -0.05) is 30.3 Å². The van der Waals surface area contributed by atoms with Crippen molar-refractivity contribution in [1.29, 1.82) is 0 Å². The minimum absolute atomic E-state index is 0.146. The fourth-order valence-corrected chi connectivity index (χ4v) is 2.41. The van der Waals surface area contributed by atoms with Gasteiger partial charge in [-0.3, -0.25) is 9.69 Å². The van der Waals surface area contributed by atoms with Crippen molar-refractivity contribution in [2.24, 2.45) is 0 Å². The lowest BCUT2D eigenvalue weighted by Crippen LogP contribution is -2.41. The van der Waals surface area contributed by atoms with Gasteiger partial charge in [-0.05, 0) is 12.0 Å². The Labute approximate surface area is 120 Å². The summed E-state index contributed by atoms with van der Waals surface area (Å²) in [4.78, 5) is 13.1. The molecule has 1 aliphatic rings. The maximum Gasteiger partial charge on any atom is 0.401 e. The molecule has 2 rings (SSSR count). The van der Waals surface area contributed by atoms with Gasteiger partial charge in [0.05, 0.1) is 6.54 Å². The first-order chi connectivity index (χ1) is 9.85. The van der Waals surface area contributed by atoms with E-state index >= 15 is 0 Å². The van der Waals surface area contributed by atoms with E-state index in [4.69, 9.17) is 0 Å². The first-order valence-corrected chi connectivity index (χ1v) is 6.67. The number of aliphatic hydroxyl groups is 1. The van der Waals surface area contributed by atoms with Crippen LogP contribution >= 0.6 is 0 Å². The van der Waals surface area contributed by atoms with Crippen LogP contribution in [0.1, 0.15) is 18.1 Å². The molecule has 1 fully saturated rings. The van der Waals surface area contributed by atoms with Crippen molar-refractivity contribution < 1.29 is 23.1 Å². The summed E-state index contributed by atoms with van der Waals surface area (Å²) >= 11 is 0. The van der Waals surface area contributed by atoms with Crippen LogP contribution in [0.5, 0.6) is 0 Å². The first-order valence-electron chi connectivity index (χ1n) is 6.67. The van der Waals surface area contributed by atoms with Crippen LogP contribution in [0.2, 0.25) is 0 Å². The third-order valence-electron chi connectivity index (χ3n) is 3.39. The fraction of sp³-hybridized carbons (Fsp3) is 0.500. The van der Waals surface area contributed by atoms with Crippen LogP contribution in [0.4, 0.5) is 13.2 Å². The van der Waals surface area contributed by atoms with Crippen molar-refractivity contribution in [2.75, 3.05) is 19.6 Å². The largest absolute Gasteiger partial charge is 0.401 e. The molecule has 1 aliphatic heterocycles. The van der Waals surface area contributed by atoms with Gasteiger partial charge >= 0.3 is 6.18 Å². The van der Waals surface area contributed by atoms with Crippen molar-refractivity contribution >= 4 is 5.91 Å². The van der Waals surface area contributed by atoms with E-state index in [-0.39, 0.29) is 19.1 Å². The first kappa shape index (κ1) is 15.8. The number of carbonyl (C=O) groups is 1. The number of hydrogen-bond acceptors (Lipinski definition) is 3. The van der Waals surface area contributed by atoms with E-state index in [0.717, 1.165) is 0 Å². The van der Waals surface area contributed by atoms with Crippen LogP contribution in [-0.2, 0) is 4.79 Å². The molecule has 116 valence electrons. The SMILES string of the molecule is O=C(NC1CCN(CC(F)(F)F)C1)C(O)c1ccccc1. The van der Waals surface area contributed by atoms with E-state index < -0.39 is 24.7 Å². The Kier molecular flexibility index (Phi) is 4.84. The minimum atomic E-state index is -4.23. The van der Waals surface area contributed by atoms with Crippen LogP contribution in [0.3, 0.4) is 0 Å². The zero-order valence-corrected chi connectivity index (χ0v) is 11.3. The van der Waals surface area contributed by atoms with Gasteiger partial charge in [-0.2, -0.15) is 13.2 Å². The van der Waals surface area contributed by atoms with Gasteiger partial charge in [0.15, 0.2) is 6.10 Å². The number of benzene rings is 1. The molecule has 0 spiro atoms. The molecule has 1 saturated heterocycles. The Hall–Kier alpha value is -1.60. The Balaban J connectivity index is 1.84. The molecular formula is C14H17F3N2O2. The van der Waals surface area contributed by atoms with Crippen LogP contribution in [0.25, 0.3) is 0 Å². The molecule has 4 nitrogen and oxygen atoms in total. The summed E-state index contributed by atoms with van der Waals surface area (Å²) in [5.74, 6) is -0.583. The average molecular weight is 302 g/mol. The predicted octanol–water partition coefficient (Wildman–Crippen LogP) is 1.47. The molecule has 1 aromatic carbocycles. The Bertz CT molecular complexity index is 479. The molecule has 0 radical (unpaired) electrons. The molecule has 1 heterocycles. The van der Waals surface area contributed by atoms with Gasteiger partial charge in [0, 0.05) is 19.1 Å². The average Bonchev–Trinajstić information content (AvgIpc) is 2.83. The van der Waals surface area contributed by atoms with Gasteiger partial charge in [0.25, 0.3) is 5.91 Å².